The Bertz CT molecular complexity index is 553. The van der Waals surface area contributed by atoms with Crippen molar-refractivity contribution in [2.24, 2.45) is 11.8 Å². The highest BCUT2D eigenvalue weighted by Gasteiger charge is 2.26. The summed E-state index contributed by atoms with van der Waals surface area (Å²) < 4.78 is 0. The minimum absolute atomic E-state index is 0.0398. The van der Waals surface area contributed by atoms with Gasteiger partial charge in [0, 0.05) is 38.7 Å². The lowest BCUT2D eigenvalue weighted by molar-refractivity contribution is 0.169. The molecule has 2 aliphatic rings. The largest absolute Gasteiger partial charge is 0.396 e. The van der Waals surface area contributed by atoms with Crippen molar-refractivity contribution in [3.63, 3.8) is 0 Å². The van der Waals surface area contributed by atoms with Gasteiger partial charge in [0.2, 0.25) is 0 Å². The third-order valence-electron chi connectivity index (χ3n) is 5.61. The quantitative estimate of drug-likeness (QED) is 0.860. The number of carbonyl (C=O) groups excluding carboxylic acids is 1. The van der Waals surface area contributed by atoms with Crippen LogP contribution in [0.2, 0.25) is 0 Å². The molecule has 2 saturated heterocycles. The molecule has 0 aromatic heterocycles. The van der Waals surface area contributed by atoms with E-state index in [-0.39, 0.29) is 18.6 Å². The number of nitrogens with one attached hydrogen (secondary N) is 1. The fourth-order valence-corrected chi connectivity index (χ4v) is 3.81. The van der Waals surface area contributed by atoms with Crippen molar-refractivity contribution >= 4 is 6.03 Å². The molecule has 2 aliphatic heterocycles. The van der Waals surface area contributed by atoms with E-state index in [9.17, 15) is 9.90 Å². The average molecular weight is 345 g/mol. The number of amides is 2. The monoisotopic (exact) mass is 345 g/mol. The Hall–Kier alpha value is -1.59. The molecule has 2 heterocycles. The van der Waals surface area contributed by atoms with E-state index in [0.29, 0.717) is 12.5 Å². The smallest absolute Gasteiger partial charge is 0.317 e. The van der Waals surface area contributed by atoms with Gasteiger partial charge in [0.1, 0.15) is 0 Å². The third kappa shape index (κ3) is 5.19. The van der Waals surface area contributed by atoms with Crippen LogP contribution in [0.4, 0.5) is 4.79 Å². The zero-order chi connectivity index (χ0) is 17.6. The van der Waals surface area contributed by atoms with Gasteiger partial charge in [-0.2, -0.15) is 0 Å². The van der Waals surface area contributed by atoms with Crippen LogP contribution in [-0.2, 0) is 6.54 Å². The van der Waals surface area contributed by atoms with Gasteiger partial charge in [-0.25, -0.2) is 4.79 Å². The van der Waals surface area contributed by atoms with Gasteiger partial charge in [-0.15, -0.1) is 0 Å². The lowest BCUT2D eigenvalue weighted by Gasteiger charge is -2.32. The Balaban J connectivity index is 1.35. The molecule has 5 heteroatoms. The van der Waals surface area contributed by atoms with E-state index in [1.165, 1.54) is 11.1 Å². The van der Waals surface area contributed by atoms with Gasteiger partial charge in [0.25, 0.3) is 0 Å². The Labute approximate surface area is 151 Å². The predicted octanol–water partition coefficient (Wildman–Crippen LogP) is 2.23. The standard InChI is InChI=1S/C20H31N3O2/c1-16-2-4-18(5-3-16)13-22-9-6-17(7-10-22)12-21-20(25)23-11-8-19(14-23)15-24/h2-5,17,19,24H,6-15H2,1H3,(H,21,25). The first-order valence-electron chi connectivity index (χ1n) is 9.55. The van der Waals surface area contributed by atoms with Gasteiger partial charge >= 0.3 is 6.03 Å². The summed E-state index contributed by atoms with van der Waals surface area (Å²) >= 11 is 0. The molecule has 25 heavy (non-hydrogen) atoms. The number of hydrogen-bond donors (Lipinski definition) is 2. The second-order valence-electron chi connectivity index (χ2n) is 7.67. The number of aliphatic hydroxyl groups excluding tert-OH is 1. The van der Waals surface area contributed by atoms with Crippen LogP contribution in [0.5, 0.6) is 0 Å². The molecule has 0 radical (unpaired) electrons. The maximum atomic E-state index is 12.2. The maximum Gasteiger partial charge on any atom is 0.317 e. The van der Waals surface area contributed by atoms with Crippen molar-refractivity contribution in [3.8, 4) is 0 Å². The van der Waals surface area contributed by atoms with E-state index < -0.39 is 0 Å². The minimum atomic E-state index is 0.0398. The molecule has 2 N–H and O–H groups in total. The normalized spacial score (nSPS) is 22.3. The number of rotatable bonds is 5. The fourth-order valence-electron chi connectivity index (χ4n) is 3.81. The number of carbonyl (C=O) groups is 1. The van der Waals surface area contributed by atoms with Crippen molar-refractivity contribution < 1.29 is 9.90 Å². The molecule has 3 rings (SSSR count). The molecular formula is C20H31N3O2. The highest BCUT2D eigenvalue weighted by atomic mass is 16.3. The second-order valence-corrected chi connectivity index (χ2v) is 7.67. The first-order valence-corrected chi connectivity index (χ1v) is 9.55. The number of likely N-dealkylation sites (tertiary alicyclic amines) is 2. The Morgan fingerprint density at radius 1 is 1.12 bits per heavy atom. The number of urea groups is 1. The van der Waals surface area contributed by atoms with Crippen LogP contribution >= 0.6 is 0 Å². The minimum Gasteiger partial charge on any atom is -0.396 e. The van der Waals surface area contributed by atoms with Crippen LogP contribution in [0.3, 0.4) is 0 Å². The molecule has 138 valence electrons. The zero-order valence-corrected chi connectivity index (χ0v) is 15.3. The van der Waals surface area contributed by atoms with E-state index in [2.05, 4.69) is 41.4 Å². The molecule has 1 unspecified atom stereocenters. The molecule has 1 aromatic rings. The van der Waals surface area contributed by atoms with Crippen molar-refractivity contribution in [2.45, 2.75) is 32.7 Å². The summed E-state index contributed by atoms with van der Waals surface area (Å²) in [4.78, 5) is 16.6. The molecule has 0 saturated carbocycles. The lowest BCUT2D eigenvalue weighted by Crippen LogP contribution is -2.43. The van der Waals surface area contributed by atoms with Crippen molar-refractivity contribution in [3.05, 3.63) is 35.4 Å². The fraction of sp³-hybridized carbons (Fsp3) is 0.650. The molecule has 0 aliphatic carbocycles. The summed E-state index contributed by atoms with van der Waals surface area (Å²) in [7, 11) is 0. The van der Waals surface area contributed by atoms with Crippen LogP contribution in [0.25, 0.3) is 0 Å². The highest BCUT2D eigenvalue weighted by Crippen LogP contribution is 2.19. The molecular weight excluding hydrogens is 314 g/mol. The van der Waals surface area contributed by atoms with Crippen LogP contribution in [0.1, 0.15) is 30.4 Å². The zero-order valence-electron chi connectivity index (χ0n) is 15.3. The highest BCUT2D eigenvalue weighted by molar-refractivity contribution is 5.74. The molecule has 1 atom stereocenters. The van der Waals surface area contributed by atoms with Crippen LogP contribution in [0.15, 0.2) is 24.3 Å². The van der Waals surface area contributed by atoms with Crippen LogP contribution < -0.4 is 5.32 Å². The molecule has 0 bridgehead atoms. The van der Waals surface area contributed by atoms with Gasteiger partial charge in [0.05, 0.1) is 0 Å². The predicted molar refractivity (Wildman–Crippen MR) is 99.3 cm³/mol. The summed E-state index contributed by atoms with van der Waals surface area (Å²) in [5.41, 5.74) is 2.69. The molecule has 0 spiro atoms. The van der Waals surface area contributed by atoms with Crippen molar-refractivity contribution in [2.75, 3.05) is 39.3 Å². The SMILES string of the molecule is Cc1ccc(CN2CCC(CNC(=O)N3CCC(CO)C3)CC2)cc1. The summed E-state index contributed by atoms with van der Waals surface area (Å²) in [6.07, 6.45) is 3.21. The summed E-state index contributed by atoms with van der Waals surface area (Å²) in [6, 6.07) is 8.83. The van der Waals surface area contributed by atoms with Crippen molar-refractivity contribution in [1.82, 2.24) is 15.1 Å². The lowest BCUT2D eigenvalue weighted by atomic mass is 9.96. The number of benzene rings is 1. The van der Waals surface area contributed by atoms with Gasteiger partial charge in [-0.05, 0) is 50.8 Å². The van der Waals surface area contributed by atoms with Gasteiger partial charge in [-0.1, -0.05) is 29.8 Å². The summed E-state index contributed by atoms with van der Waals surface area (Å²) in [5.74, 6) is 0.838. The third-order valence-corrected chi connectivity index (χ3v) is 5.61. The van der Waals surface area contributed by atoms with Crippen LogP contribution in [-0.4, -0.2) is 60.3 Å². The van der Waals surface area contributed by atoms with Gasteiger partial charge in [-0.3, -0.25) is 4.90 Å². The van der Waals surface area contributed by atoms with E-state index in [4.69, 9.17) is 0 Å². The topological polar surface area (TPSA) is 55.8 Å². The Morgan fingerprint density at radius 2 is 1.80 bits per heavy atom. The molecule has 1 aromatic carbocycles. The average Bonchev–Trinajstić information content (AvgIpc) is 3.12. The second kappa shape index (κ2) is 8.68. The van der Waals surface area contributed by atoms with Crippen molar-refractivity contribution in [1.29, 1.82) is 0 Å². The van der Waals surface area contributed by atoms with E-state index in [1.54, 1.807) is 0 Å². The summed E-state index contributed by atoms with van der Waals surface area (Å²) in [6.45, 7) is 7.77. The van der Waals surface area contributed by atoms with E-state index >= 15 is 0 Å². The number of aryl methyl sites for hydroxylation is 1. The van der Waals surface area contributed by atoms with E-state index in [0.717, 1.165) is 52.0 Å². The first kappa shape index (κ1) is 18.2. The molecule has 5 nitrogen and oxygen atoms in total. The first-order chi connectivity index (χ1) is 12.1. The summed E-state index contributed by atoms with van der Waals surface area (Å²) in [5, 5.41) is 12.3. The van der Waals surface area contributed by atoms with Crippen LogP contribution in [0, 0.1) is 18.8 Å². The molecule has 2 fully saturated rings. The maximum absolute atomic E-state index is 12.2. The Kier molecular flexibility index (Phi) is 6.32. The number of aliphatic hydroxyl groups is 1. The number of hydrogen-bond acceptors (Lipinski definition) is 3. The number of piperidine rings is 1. The van der Waals surface area contributed by atoms with Gasteiger partial charge in [0.15, 0.2) is 0 Å². The van der Waals surface area contributed by atoms with Gasteiger partial charge < -0.3 is 15.3 Å². The van der Waals surface area contributed by atoms with E-state index in [1.807, 2.05) is 4.90 Å². The Morgan fingerprint density at radius 3 is 2.44 bits per heavy atom. The molecule has 2 amide bonds. The number of nitrogens with zero attached hydrogens (tertiary/aromatic N) is 2.